The van der Waals surface area contributed by atoms with Crippen LogP contribution in [-0.2, 0) is 16.1 Å². The molecule has 164 valence electrons. The van der Waals surface area contributed by atoms with Crippen LogP contribution in [0.25, 0.3) is 0 Å². The van der Waals surface area contributed by atoms with Crippen molar-refractivity contribution in [1.29, 1.82) is 0 Å². The van der Waals surface area contributed by atoms with Gasteiger partial charge in [0.25, 0.3) is 5.91 Å². The van der Waals surface area contributed by atoms with Crippen LogP contribution in [0.4, 0.5) is 0 Å². The number of halogens is 1. The fourth-order valence-corrected chi connectivity index (χ4v) is 3.62. The van der Waals surface area contributed by atoms with Gasteiger partial charge in [-0.25, -0.2) is 0 Å². The molecule has 1 saturated heterocycles. The van der Waals surface area contributed by atoms with Gasteiger partial charge in [0.2, 0.25) is 11.8 Å². The number of carbonyl (C=O) groups excluding carboxylic acids is 3. The van der Waals surface area contributed by atoms with Crippen LogP contribution in [0, 0.1) is 11.8 Å². The maximum absolute atomic E-state index is 12.6. The van der Waals surface area contributed by atoms with Gasteiger partial charge in [0.05, 0.1) is 18.1 Å². The Morgan fingerprint density at radius 3 is 2.61 bits per heavy atom. The number of likely N-dealkylation sites (tertiary alicyclic amines) is 1. The van der Waals surface area contributed by atoms with E-state index in [1.54, 1.807) is 23.1 Å². The van der Waals surface area contributed by atoms with Crippen molar-refractivity contribution in [3.05, 3.63) is 64.1 Å². The number of nitrogens with one attached hydrogen (secondary N) is 2. The van der Waals surface area contributed by atoms with Crippen molar-refractivity contribution < 1.29 is 19.1 Å². The summed E-state index contributed by atoms with van der Waals surface area (Å²) >= 11 is 3.35. The molecule has 0 saturated carbocycles. The molecule has 0 bridgehead atoms. The third kappa shape index (κ3) is 6.30. The summed E-state index contributed by atoms with van der Waals surface area (Å²) in [7, 11) is 0. The Morgan fingerprint density at radius 1 is 1.16 bits per heavy atom. The van der Waals surface area contributed by atoms with E-state index in [1.165, 1.54) is 0 Å². The highest BCUT2D eigenvalue weighted by atomic mass is 79.9. The van der Waals surface area contributed by atoms with E-state index in [-0.39, 0.29) is 12.3 Å². The van der Waals surface area contributed by atoms with E-state index < -0.39 is 17.7 Å². The van der Waals surface area contributed by atoms with Crippen molar-refractivity contribution in [2.75, 3.05) is 13.2 Å². The highest BCUT2D eigenvalue weighted by Gasteiger charge is 2.34. The molecule has 0 aromatic heterocycles. The Kier molecular flexibility index (Phi) is 7.68. The fourth-order valence-electron chi connectivity index (χ4n) is 3.25. The Labute approximate surface area is 190 Å². The molecule has 1 fully saturated rings. The molecule has 3 amide bonds. The molecule has 1 heterocycles. The second kappa shape index (κ2) is 10.4. The van der Waals surface area contributed by atoms with E-state index >= 15 is 0 Å². The van der Waals surface area contributed by atoms with Gasteiger partial charge in [-0.3, -0.25) is 25.2 Å². The van der Waals surface area contributed by atoms with Gasteiger partial charge in [0.1, 0.15) is 5.75 Å². The number of nitrogens with zero attached hydrogens (tertiary/aromatic N) is 1. The predicted octanol–water partition coefficient (Wildman–Crippen LogP) is 3.29. The van der Waals surface area contributed by atoms with Crippen molar-refractivity contribution >= 4 is 33.7 Å². The average molecular weight is 488 g/mol. The number of ether oxygens (including phenoxy) is 1. The molecule has 2 aromatic rings. The topological polar surface area (TPSA) is 87.7 Å². The first-order chi connectivity index (χ1) is 14.8. The van der Waals surface area contributed by atoms with Gasteiger partial charge >= 0.3 is 0 Å². The van der Waals surface area contributed by atoms with Crippen LogP contribution in [-0.4, -0.2) is 35.8 Å². The summed E-state index contributed by atoms with van der Waals surface area (Å²) in [4.78, 5) is 39.2. The summed E-state index contributed by atoms with van der Waals surface area (Å²) in [5, 5.41) is 0. The molecule has 0 spiro atoms. The van der Waals surface area contributed by atoms with Gasteiger partial charge < -0.3 is 9.64 Å². The van der Waals surface area contributed by atoms with E-state index in [1.807, 2.05) is 44.2 Å². The van der Waals surface area contributed by atoms with Crippen molar-refractivity contribution in [3.63, 3.8) is 0 Å². The summed E-state index contributed by atoms with van der Waals surface area (Å²) in [6.07, 6.45) is 0.119. The zero-order valence-electron chi connectivity index (χ0n) is 17.6. The number of rotatable bonds is 7. The highest BCUT2D eigenvalue weighted by molar-refractivity contribution is 9.10. The lowest BCUT2D eigenvalue weighted by Crippen LogP contribution is -2.45. The molecule has 1 aliphatic rings. The zero-order chi connectivity index (χ0) is 22.4. The van der Waals surface area contributed by atoms with Crippen molar-refractivity contribution in [1.82, 2.24) is 15.8 Å². The first-order valence-electron chi connectivity index (χ1n) is 10.2. The molecule has 1 atom stereocenters. The summed E-state index contributed by atoms with van der Waals surface area (Å²) in [5.74, 6) is -0.732. The number of amides is 3. The second-order valence-corrected chi connectivity index (χ2v) is 8.87. The van der Waals surface area contributed by atoms with Crippen molar-refractivity contribution in [3.8, 4) is 5.75 Å². The number of hydrazine groups is 1. The van der Waals surface area contributed by atoms with Crippen molar-refractivity contribution in [2.45, 2.75) is 26.8 Å². The Hall–Kier alpha value is -2.87. The molecule has 1 aliphatic heterocycles. The largest absolute Gasteiger partial charge is 0.492 e. The number of hydrogen-bond donors (Lipinski definition) is 2. The SMILES string of the molecule is CC(C)COc1ccc(Br)cc1C(=O)NNC(=O)C1CC(=O)N(Cc2ccccc2)C1. The molecular formula is C23H26BrN3O4. The Morgan fingerprint density at radius 2 is 1.90 bits per heavy atom. The van der Waals surface area contributed by atoms with Crippen LogP contribution in [0.3, 0.4) is 0 Å². The number of carbonyl (C=O) groups is 3. The van der Waals surface area contributed by atoms with E-state index in [4.69, 9.17) is 4.74 Å². The number of hydrogen-bond acceptors (Lipinski definition) is 4. The summed E-state index contributed by atoms with van der Waals surface area (Å²) in [5.41, 5.74) is 6.21. The number of benzene rings is 2. The van der Waals surface area contributed by atoms with Crippen LogP contribution in [0.1, 0.15) is 36.2 Å². The maximum atomic E-state index is 12.6. The van der Waals surface area contributed by atoms with Crippen molar-refractivity contribution in [2.24, 2.45) is 11.8 Å². The minimum Gasteiger partial charge on any atom is -0.492 e. The van der Waals surface area contributed by atoms with Gasteiger partial charge in [0.15, 0.2) is 0 Å². The second-order valence-electron chi connectivity index (χ2n) is 7.95. The minimum atomic E-state index is -0.518. The summed E-state index contributed by atoms with van der Waals surface area (Å²) in [6.45, 7) is 5.28. The lowest BCUT2D eigenvalue weighted by Gasteiger charge is -2.17. The monoisotopic (exact) mass is 487 g/mol. The van der Waals surface area contributed by atoms with E-state index in [9.17, 15) is 14.4 Å². The minimum absolute atomic E-state index is 0.0771. The standard InChI is InChI=1S/C23H26BrN3O4/c1-15(2)14-31-20-9-8-18(24)11-19(20)23(30)26-25-22(29)17-10-21(28)27(13-17)12-16-6-4-3-5-7-16/h3-9,11,15,17H,10,12-14H2,1-2H3,(H,25,29)(H,26,30). The fraction of sp³-hybridized carbons (Fsp3) is 0.348. The van der Waals surface area contributed by atoms with E-state index in [2.05, 4.69) is 26.8 Å². The summed E-state index contributed by atoms with van der Waals surface area (Å²) in [6, 6.07) is 14.8. The first-order valence-corrected chi connectivity index (χ1v) is 11.0. The van der Waals surface area contributed by atoms with Gasteiger partial charge in [0, 0.05) is 24.0 Å². The third-order valence-electron chi connectivity index (χ3n) is 4.86. The van der Waals surface area contributed by atoms with Gasteiger partial charge in [-0.15, -0.1) is 0 Å². The zero-order valence-corrected chi connectivity index (χ0v) is 19.1. The molecule has 0 aliphatic carbocycles. The van der Waals surface area contributed by atoms with Crippen LogP contribution in [0.5, 0.6) is 5.75 Å². The predicted molar refractivity (Wildman–Crippen MR) is 120 cm³/mol. The highest BCUT2D eigenvalue weighted by Crippen LogP contribution is 2.24. The molecular weight excluding hydrogens is 462 g/mol. The quantitative estimate of drug-likeness (QED) is 0.586. The van der Waals surface area contributed by atoms with E-state index in [0.29, 0.717) is 36.9 Å². The molecule has 8 heteroatoms. The molecule has 7 nitrogen and oxygen atoms in total. The van der Waals surface area contributed by atoms with Crippen LogP contribution >= 0.6 is 15.9 Å². The molecule has 0 radical (unpaired) electrons. The molecule has 3 rings (SSSR count). The molecule has 2 N–H and O–H groups in total. The average Bonchev–Trinajstić information content (AvgIpc) is 3.11. The maximum Gasteiger partial charge on any atom is 0.273 e. The first kappa shape index (κ1) is 22.8. The summed E-state index contributed by atoms with van der Waals surface area (Å²) < 4.78 is 6.44. The smallest absolute Gasteiger partial charge is 0.273 e. The lowest BCUT2D eigenvalue weighted by atomic mass is 10.1. The van der Waals surface area contributed by atoms with E-state index in [0.717, 1.165) is 10.0 Å². The Balaban J connectivity index is 1.56. The lowest BCUT2D eigenvalue weighted by molar-refractivity contribution is -0.129. The normalized spacial score (nSPS) is 15.8. The van der Waals surface area contributed by atoms with Gasteiger partial charge in [-0.05, 0) is 29.7 Å². The Bertz CT molecular complexity index is 949. The van der Waals surface area contributed by atoms with Crippen LogP contribution in [0.15, 0.2) is 53.0 Å². The third-order valence-corrected chi connectivity index (χ3v) is 5.35. The molecule has 1 unspecified atom stereocenters. The molecule has 2 aromatic carbocycles. The van der Waals surface area contributed by atoms with Crippen LogP contribution < -0.4 is 15.6 Å². The van der Waals surface area contributed by atoms with Crippen LogP contribution in [0.2, 0.25) is 0 Å². The van der Waals surface area contributed by atoms with Gasteiger partial charge in [-0.2, -0.15) is 0 Å². The molecule has 31 heavy (non-hydrogen) atoms. The van der Waals surface area contributed by atoms with Gasteiger partial charge in [-0.1, -0.05) is 60.1 Å².